The Kier molecular flexibility index (Phi) is 2.97. The molecule has 1 aromatic rings. The molecule has 0 spiro atoms. The number of carbonyl (C=O) groups is 1. The van der Waals surface area contributed by atoms with Gasteiger partial charge in [-0.2, -0.15) is 0 Å². The van der Waals surface area contributed by atoms with Crippen LogP contribution in [0.4, 0.5) is 10.7 Å². The fourth-order valence-corrected chi connectivity index (χ4v) is 3.25. The van der Waals surface area contributed by atoms with E-state index in [4.69, 9.17) is 0 Å². The number of carbonyl (C=O) groups excluding carboxylic acids is 1. The molecule has 1 saturated heterocycles. The number of rotatable bonds is 2. The second kappa shape index (κ2) is 4.50. The van der Waals surface area contributed by atoms with Crippen LogP contribution >= 0.6 is 15.9 Å². The smallest absolute Gasteiger partial charge is 0.319 e. The summed E-state index contributed by atoms with van der Waals surface area (Å²) >= 11 is 3.31. The summed E-state index contributed by atoms with van der Waals surface area (Å²) in [4.78, 5) is 24.6. The predicted octanol–water partition coefficient (Wildman–Crippen LogP) is 2.42. The second-order valence-corrected chi connectivity index (χ2v) is 5.62. The zero-order valence-electron chi connectivity index (χ0n) is 10.2. The fraction of sp³-hybridized carbons (Fsp3) is 0.583. The van der Waals surface area contributed by atoms with E-state index in [9.17, 15) is 4.79 Å². The zero-order valence-corrected chi connectivity index (χ0v) is 11.8. The number of urea groups is 1. The van der Waals surface area contributed by atoms with Crippen LogP contribution in [0, 0.1) is 0 Å². The molecule has 0 aromatic carbocycles. The number of hydrogen-bond donors (Lipinski definition) is 0. The van der Waals surface area contributed by atoms with Gasteiger partial charge < -0.3 is 4.90 Å². The number of likely N-dealkylation sites (N-methyl/N-ethyl adjacent to an activating group) is 1. The first-order valence-electron chi connectivity index (χ1n) is 6.29. The summed E-state index contributed by atoms with van der Waals surface area (Å²) in [5.41, 5.74) is 0. The van der Waals surface area contributed by atoms with Crippen molar-refractivity contribution >= 4 is 27.9 Å². The molecule has 1 aliphatic heterocycles. The fourth-order valence-electron chi connectivity index (χ4n) is 3.04. The third kappa shape index (κ3) is 1.70. The van der Waals surface area contributed by atoms with Crippen molar-refractivity contribution in [1.82, 2.24) is 14.9 Å². The summed E-state index contributed by atoms with van der Waals surface area (Å²) in [6.07, 6.45) is 6.69. The van der Waals surface area contributed by atoms with Gasteiger partial charge in [0.05, 0.1) is 16.6 Å². The minimum atomic E-state index is 0.0505. The lowest BCUT2D eigenvalue weighted by Crippen LogP contribution is -2.36. The van der Waals surface area contributed by atoms with Gasteiger partial charge in [0.2, 0.25) is 5.95 Å². The molecule has 5 nitrogen and oxygen atoms in total. The Labute approximate surface area is 114 Å². The van der Waals surface area contributed by atoms with Crippen molar-refractivity contribution < 1.29 is 4.79 Å². The van der Waals surface area contributed by atoms with Crippen LogP contribution < -0.4 is 4.90 Å². The molecule has 1 aromatic heterocycles. The zero-order chi connectivity index (χ0) is 12.7. The van der Waals surface area contributed by atoms with E-state index >= 15 is 0 Å². The Bertz CT molecular complexity index is 464. The van der Waals surface area contributed by atoms with Gasteiger partial charge in [0.1, 0.15) is 0 Å². The van der Waals surface area contributed by atoms with Gasteiger partial charge in [-0.25, -0.2) is 14.8 Å². The number of fused-ring (bicyclic) bond motifs is 1. The molecule has 2 aliphatic rings. The lowest BCUT2D eigenvalue weighted by molar-refractivity contribution is 0.207. The Morgan fingerprint density at radius 1 is 1.33 bits per heavy atom. The van der Waals surface area contributed by atoms with Crippen molar-refractivity contribution in [3.8, 4) is 0 Å². The third-order valence-corrected chi connectivity index (χ3v) is 4.20. The molecule has 2 unspecified atom stereocenters. The van der Waals surface area contributed by atoms with Crippen LogP contribution in [-0.2, 0) is 0 Å². The van der Waals surface area contributed by atoms with Gasteiger partial charge in [-0.05, 0) is 42.1 Å². The molecular formula is C12H15BrN4O. The first-order valence-corrected chi connectivity index (χ1v) is 7.09. The molecule has 0 N–H and O–H groups in total. The van der Waals surface area contributed by atoms with Crippen LogP contribution in [0.2, 0.25) is 0 Å². The standard InChI is InChI=1S/C12H15BrN4O/c1-2-16-9-4-3-5-10(9)17(12(16)18)11-14-6-8(13)7-15-11/h6-7,9-10H,2-5H2,1H3. The summed E-state index contributed by atoms with van der Waals surface area (Å²) in [5.74, 6) is 0.524. The summed E-state index contributed by atoms with van der Waals surface area (Å²) in [6.45, 7) is 2.78. The number of nitrogens with zero attached hydrogens (tertiary/aromatic N) is 4. The second-order valence-electron chi connectivity index (χ2n) is 4.71. The lowest BCUT2D eigenvalue weighted by atomic mass is 10.2. The summed E-state index contributed by atoms with van der Waals surface area (Å²) < 4.78 is 0.827. The van der Waals surface area contributed by atoms with E-state index in [1.807, 2.05) is 11.8 Å². The Balaban J connectivity index is 1.95. The van der Waals surface area contributed by atoms with E-state index < -0.39 is 0 Å². The van der Waals surface area contributed by atoms with Gasteiger partial charge in [-0.1, -0.05) is 0 Å². The van der Waals surface area contributed by atoms with Gasteiger partial charge in [0.15, 0.2) is 0 Å². The van der Waals surface area contributed by atoms with Crippen molar-refractivity contribution in [2.45, 2.75) is 38.3 Å². The van der Waals surface area contributed by atoms with Crippen molar-refractivity contribution in [3.05, 3.63) is 16.9 Å². The third-order valence-electron chi connectivity index (χ3n) is 3.79. The molecule has 3 rings (SSSR count). The molecule has 2 atom stereocenters. The molecule has 6 heteroatoms. The van der Waals surface area contributed by atoms with Crippen LogP contribution in [0.3, 0.4) is 0 Å². The number of hydrogen-bond acceptors (Lipinski definition) is 3. The molecule has 1 saturated carbocycles. The normalized spacial score (nSPS) is 26.9. The molecule has 2 fully saturated rings. The monoisotopic (exact) mass is 310 g/mol. The maximum atomic E-state index is 12.4. The van der Waals surface area contributed by atoms with Crippen LogP contribution in [0.15, 0.2) is 16.9 Å². The summed E-state index contributed by atoms with van der Waals surface area (Å²) in [5, 5.41) is 0. The topological polar surface area (TPSA) is 49.3 Å². The Hall–Kier alpha value is -1.17. The average molecular weight is 311 g/mol. The molecule has 2 amide bonds. The Morgan fingerprint density at radius 2 is 2.00 bits per heavy atom. The van der Waals surface area contributed by atoms with Gasteiger partial charge in [0.25, 0.3) is 0 Å². The van der Waals surface area contributed by atoms with Crippen LogP contribution in [-0.4, -0.2) is 39.5 Å². The first kappa shape index (κ1) is 11.9. The van der Waals surface area contributed by atoms with Crippen LogP contribution in [0.1, 0.15) is 26.2 Å². The average Bonchev–Trinajstić information content (AvgIpc) is 2.90. The van der Waals surface area contributed by atoms with Gasteiger partial charge in [0, 0.05) is 18.9 Å². The predicted molar refractivity (Wildman–Crippen MR) is 71.4 cm³/mol. The molecule has 96 valence electrons. The molecule has 0 radical (unpaired) electrons. The first-order chi connectivity index (χ1) is 8.72. The highest BCUT2D eigenvalue weighted by molar-refractivity contribution is 9.10. The number of amides is 2. The SMILES string of the molecule is CCN1C(=O)N(c2ncc(Br)cn2)C2CCCC21. The quantitative estimate of drug-likeness (QED) is 0.843. The molecule has 1 aliphatic carbocycles. The Morgan fingerprint density at radius 3 is 2.67 bits per heavy atom. The minimum absolute atomic E-state index is 0.0505. The molecule has 0 bridgehead atoms. The van der Waals surface area contributed by atoms with Crippen LogP contribution in [0.25, 0.3) is 0 Å². The highest BCUT2D eigenvalue weighted by Gasteiger charge is 2.48. The maximum absolute atomic E-state index is 12.4. The van der Waals surface area contributed by atoms with Crippen molar-refractivity contribution in [2.75, 3.05) is 11.4 Å². The molecule has 2 heterocycles. The van der Waals surface area contributed by atoms with Crippen molar-refractivity contribution in [2.24, 2.45) is 0 Å². The summed E-state index contributed by atoms with van der Waals surface area (Å²) in [7, 11) is 0. The largest absolute Gasteiger partial charge is 0.327 e. The lowest BCUT2D eigenvalue weighted by Gasteiger charge is -2.19. The highest BCUT2D eigenvalue weighted by Crippen LogP contribution is 2.36. The van der Waals surface area contributed by atoms with E-state index in [0.29, 0.717) is 12.0 Å². The maximum Gasteiger partial charge on any atom is 0.327 e. The van der Waals surface area contributed by atoms with Crippen LogP contribution in [0.5, 0.6) is 0 Å². The minimum Gasteiger partial charge on any atom is -0.319 e. The number of anilines is 1. The van der Waals surface area contributed by atoms with E-state index in [1.165, 1.54) is 6.42 Å². The van der Waals surface area contributed by atoms with Crippen molar-refractivity contribution in [3.63, 3.8) is 0 Å². The van der Waals surface area contributed by atoms with Gasteiger partial charge >= 0.3 is 6.03 Å². The van der Waals surface area contributed by atoms with Gasteiger partial charge in [-0.15, -0.1) is 0 Å². The van der Waals surface area contributed by atoms with E-state index in [0.717, 1.165) is 23.9 Å². The van der Waals surface area contributed by atoms with E-state index in [1.54, 1.807) is 17.3 Å². The molecule has 18 heavy (non-hydrogen) atoms. The number of halogens is 1. The van der Waals surface area contributed by atoms with Crippen molar-refractivity contribution in [1.29, 1.82) is 0 Å². The number of aromatic nitrogens is 2. The van der Waals surface area contributed by atoms with E-state index in [2.05, 4.69) is 25.9 Å². The highest BCUT2D eigenvalue weighted by atomic mass is 79.9. The van der Waals surface area contributed by atoms with E-state index in [-0.39, 0.29) is 12.1 Å². The molecular weight excluding hydrogens is 296 g/mol. The van der Waals surface area contributed by atoms with Gasteiger partial charge in [-0.3, -0.25) is 4.90 Å². The summed E-state index contributed by atoms with van der Waals surface area (Å²) in [6, 6.07) is 0.642.